The molecule has 2 aromatic heterocycles. The lowest BCUT2D eigenvalue weighted by Gasteiger charge is -2.33. The maximum atomic E-state index is 12.9. The summed E-state index contributed by atoms with van der Waals surface area (Å²) in [6.45, 7) is 6.71. The SMILES string of the molecule is CCN1CCN(c2nc3ncn(CC(=O)Nc4ccc(OC)c(Cl)c4)c(=O)c3s2)CC1. The Morgan fingerprint density at radius 3 is 2.74 bits per heavy atom. The van der Waals surface area contributed by atoms with Crippen LogP contribution in [-0.4, -0.2) is 65.2 Å². The summed E-state index contributed by atoms with van der Waals surface area (Å²) in [6.07, 6.45) is 1.36. The third kappa shape index (κ3) is 4.65. The highest BCUT2D eigenvalue weighted by molar-refractivity contribution is 7.22. The molecule has 0 atom stereocenters. The summed E-state index contributed by atoms with van der Waals surface area (Å²) in [6, 6.07) is 4.94. The Labute approximate surface area is 188 Å². The second-order valence-corrected chi connectivity index (χ2v) is 8.53. The van der Waals surface area contributed by atoms with Gasteiger partial charge in [0.25, 0.3) is 5.56 Å². The Bertz CT molecular complexity index is 1160. The fourth-order valence-electron chi connectivity index (χ4n) is 3.44. The Hall–Kier alpha value is -2.69. The van der Waals surface area contributed by atoms with E-state index in [1.165, 1.54) is 29.3 Å². The molecule has 1 amide bonds. The molecule has 1 N–H and O–H groups in total. The average molecular weight is 463 g/mol. The highest BCUT2D eigenvalue weighted by atomic mass is 35.5. The molecule has 1 aromatic carbocycles. The topological polar surface area (TPSA) is 92.6 Å². The first-order valence-corrected chi connectivity index (χ1v) is 11.1. The van der Waals surface area contributed by atoms with Crippen molar-refractivity contribution in [3.8, 4) is 5.75 Å². The lowest BCUT2D eigenvalue weighted by Crippen LogP contribution is -2.46. The van der Waals surface area contributed by atoms with Gasteiger partial charge in [-0.1, -0.05) is 29.9 Å². The number of halogens is 1. The van der Waals surface area contributed by atoms with Gasteiger partial charge in [0.2, 0.25) is 5.91 Å². The number of rotatable bonds is 6. The van der Waals surface area contributed by atoms with Crippen molar-refractivity contribution in [2.24, 2.45) is 0 Å². The second-order valence-electron chi connectivity index (χ2n) is 7.15. The van der Waals surface area contributed by atoms with Crippen molar-refractivity contribution in [1.82, 2.24) is 19.4 Å². The number of benzene rings is 1. The third-order valence-electron chi connectivity index (χ3n) is 5.21. The van der Waals surface area contributed by atoms with Gasteiger partial charge in [0, 0.05) is 31.9 Å². The van der Waals surface area contributed by atoms with Gasteiger partial charge in [-0.15, -0.1) is 0 Å². The van der Waals surface area contributed by atoms with Gasteiger partial charge in [-0.25, -0.2) is 4.98 Å². The number of ether oxygens (including phenoxy) is 1. The van der Waals surface area contributed by atoms with Crippen LogP contribution < -0.4 is 20.5 Å². The molecule has 1 aliphatic rings. The minimum atomic E-state index is -0.357. The minimum absolute atomic E-state index is 0.159. The van der Waals surface area contributed by atoms with Gasteiger partial charge >= 0.3 is 0 Å². The van der Waals surface area contributed by atoms with E-state index in [-0.39, 0.29) is 18.0 Å². The number of methoxy groups -OCH3 is 1. The molecule has 1 saturated heterocycles. The van der Waals surface area contributed by atoms with Gasteiger partial charge in [0.1, 0.15) is 23.3 Å². The monoisotopic (exact) mass is 462 g/mol. The predicted molar refractivity (Wildman–Crippen MR) is 123 cm³/mol. The highest BCUT2D eigenvalue weighted by Gasteiger charge is 2.21. The molecule has 0 spiro atoms. The first kappa shape index (κ1) is 21.5. The number of fused-ring (bicyclic) bond motifs is 1. The van der Waals surface area contributed by atoms with Crippen molar-refractivity contribution in [1.29, 1.82) is 0 Å². The molecule has 164 valence electrons. The van der Waals surface area contributed by atoms with Gasteiger partial charge in [-0.05, 0) is 24.7 Å². The van der Waals surface area contributed by atoms with E-state index in [4.69, 9.17) is 16.3 Å². The summed E-state index contributed by atoms with van der Waals surface area (Å²) in [5.74, 6) is 0.160. The number of carbonyl (C=O) groups excluding carboxylic acids is 1. The van der Waals surface area contributed by atoms with E-state index in [1.54, 1.807) is 18.2 Å². The number of likely N-dealkylation sites (N-methyl/N-ethyl adjacent to an activating group) is 1. The second kappa shape index (κ2) is 9.21. The molecule has 9 nitrogen and oxygen atoms in total. The molecule has 31 heavy (non-hydrogen) atoms. The zero-order chi connectivity index (χ0) is 22.0. The number of hydrogen-bond donors (Lipinski definition) is 1. The zero-order valence-electron chi connectivity index (χ0n) is 17.3. The maximum Gasteiger partial charge on any atom is 0.273 e. The van der Waals surface area contributed by atoms with Crippen LogP contribution in [0.15, 0.2) is 29.3 Å². The number of thiazole rings is 1. The molecule has 0 radical (unpaired) electrons. The molecule has 4 rings (SSSR count). The van der Waals surface area contributed by atoms with Gasteiger partial charge in [-0.2, -0.15) is 4.98 Å². The van der Waals surface area contributed by atoms with Crippen LogP contribution in [0.25, 0.3) is 10.3 Å². The fraction of sp³-hybridized carbons (Fsp3) is 0.400. The number of nitrogens with zero attached hydrogens (tertiary/aromatic N) is 5. The average Bonchev–Trinajstić information content (AvgIpc) is 3.21. The molecule has 3 aromatic rings. The van der Waals surface area contributed by atoms with E-state index in [0.717, 1.165) is 37.9 Å². The summed E-state index contributed by atoms with van der Waals surface area (Å²) in [7, 11) is 1.52. The molecule has 1 aliphatic heterocycles. The summed E-state index contributed by atoms with van der Waals surface area (Å²) >= 11 is 7.42. The smallest absolute Gasteiger partial charge is 0.273 e. The van der Waals surface area contributed by atoms with Crippen molar-refractivity contribution in [2.75, 3.05) is 50.1 Å². The van der Waals surface area contributed by atoms with Crippen LogP contribution in [0.1, 0.15) is 6.92 Å². The van der Waals surface area contributed by atoms with E-state index in [2.05, 4.69) is 32.0 Å². The van der Waals surface area contributed by atoms with Gasteiger partial charge in [0.15, 0.2) is 10.8 Å². The van der Waals surface area contributed by atoms with Crippen LogP contribution in [0.4, 0.5) is 10.8 Å². The molecule has 1 fully saturated rings. The van der Waals surface area contributed by atoms with Crippen molar-refractivity contribution in [3.05, 3.63) is 39.9 Å². The van der Waals surface area contributed by atoms with E-state index >= 15 is 0 Å². The lowest BCUT2D eigenvalue weighted by molar-refractivity contribution is -0.116. The summed E-state index contributed by atoms with van der Waals surface area (Å²) in [5, 5.41) is 3.92. The Balaban J connectivity index is 1.48. The molecular weight excluding hydrogens is 440 g/mol. The van der Waals surface area contributed by atoms with Crippen molar-refractivity contribution in [2.45, 2.75) is 13.5 Å². The van der Waals surface area contributed by atoms with Crippen LogP contribution in [-0.2, 0) is 11.3 Å². The molecule has 11 heteroatoms. The molecule has 0 saturated carbocycles. The Morgan fingerprint density at radius 2 is 2.06 bits per heavy atom. The van der Waals surface area contributed by atoms with Crippen molar-refractivity contribution >= 4 is 50.0 Å². The zero-order valence-corrected chi connectivity index (χ0v) is 18.9. The Morgan fingerprint density at radius 1 is 1.29 bits per heavy atom. The molecule has 3 heterocycles. The van der Waals surface area contributed by atoms with E-state index in [9.17, 15) is 9.59 Å². The number of hydrogen-bond acceptors (Lipinski definition) is 8. The van der Waals surface area contributed by atoms with Crippen LogP contribution >= 0.6 is 22.9 Å². The summed E-state index contributed by atoms with van der Waals surface area (Å²) in [5.41, 5.74) is 0.662. The van der Waals surface area contributed by atoms with Crippen LogP contribution in [0.5, 0.6) is 5.75 Å². The first-order chi connectivity index (χ1) is 15.0. The van der Waals surface area contributed by atoms with E-state index < -0.39 is 0 Å². The fourth-order valence-corrected chi connectivity index (χ4v) is 4.72. The standard InChI is InChI=1S/C20H23ClN6O3S/c1-3-25-6-8-26(9-7-25)20-24-18-17(31-20)19(29)27(12-22-18)11-16(28)23-13-4-5-15(30-2)14(21)10-13/h4-5,10,12H,3,6-9,11H2,1-2H3,(H,23,28). The number of carbonyl (C=O) groups is 1. The van der Waals surface area contributed by atoms with Crippen LogP contribution in [0.3, 0.4) is 0 Å². The van der Waals surface area contributed by atoms with Crippen molar-refractivity contribution in [3.63, 3.8) is 0 Å². The van der Waals surface area contributed by atoms with Crippen molar-refractivity contribution < 1.29 is 9.53 Å². The van der Waals surface area contributed by atoms with Gasteiger partial charge in [-0.3, -0.25) is 14.2 Å². The first-order valence-electron chi connectivity index (χ1n) is 9.95. The molecule has 0 aliphatic carbocycles. The lowest BCUT2D eigenvalue weighted by atomic mass is 10.3. The number of piperazine rings is 1. The summed E-state index contributed by atoms with van der Waals surface area (Å²) < 4.78 is 6.85. The number of nitrogens with one attached hydrogen (secondary N) is 1. The highest BCUT2D eigenvalue weighted by Crippen LogP contribution is 2.28. The molecule has 0 unspecified atom stereocenters. The maximum absolute atomic E-state index is 12.9. The third-order valence-corrected chi connectivity index (χ3v) is 6.60. The minimum Gasteiger partial charge on any atom is -0.495 e. The number of aromatic nitrogens is 3. The normalized spacial score (nSPS) is 14.7. The van der Waals surface area contributed by atoms with Crippen LogP contribution in [0.2, 0.25) is 5.02 Å². The molecular formula is C20H23ClN6O3S. The molecule has 0 bridgehead atoms. The summed E-state index contributed by atoms with van der Waals surface area (Å²) in [4.78, 5) is 38.7. The van der Waals surface area contributed by atoms with Crippen LogP contribution in [0, 0.1) is 0 Å². The largest absolute Gasteiger partial charge is 0.495 e. The van der Waals surface area contributed by atoms with Gasteiger partial charge < -0.3 is 19.9 Å². The number of anilines is 2. The Kier molecular flexibility index (Phi) is 6.40. The quantitative estimate of drug-likeness (QED) is 0.600. The van der Waals surface area contributed by atoms with E-state index in [1.807, 2.05) is 0 Å². The van der Waals surface area contributed by atoms with Gasteiger partial charge in [0.05, 0.1) is 12.1 Å². The number of amides is 1. The predicted octanol–water partition coefficient (Wildman–Crippen LogP) is 2.30. The van der Waals surface area contributed by atoms with E-state index in [0.29, 0.717) is 26.8 Å².